The number of carbonyl (C=O) groups is 1. The van der Waals surface area contributed by atoms with Crippen molar-refractivity contribution in [2.24, 2.45) is 0 Å². The van der Waals surface area contributed by atoms with Crippen LogP contribution in [0.3, 0.4) is 0 Å². The smallest absolute Gasteiger partial charge is 0.426 e. The second kappa shape index (κ2) is 7.57. The zero-order valence-electron chi connectivity index (χ0n) is 11.5. The standard InChI is InChI=1S/C13H20BNO3S/c1-9-4-5-11(10(2)6-9)7-12(14(17)18)15-13(16)8-19-3/h4-6,12,17-18H,7-8H2,1-3H3,(H,15,16)/t12-/m0/s1. The minimum absolute atomic E-state index is 0.185. The maximum Gasteiger partial charge on any atom is 0.475 e. The van der Waals surface area contributed by atoms with E-state index in [1.165, 1.54) is 11.8 Å². The van der Waals surface area contributed by atoms with Gasteiger partial charge in [-0.15, -0.1) is 0 Å². The van der Waals surface area contributed by atoms with Gasteiger partial charge >= 0.3 is 7.12 Å². The molecular formula is C13H20BNO3S. The van der Waals surface area contributed by atoms with Crippen molar-refractivity contribution in [3.05, 3.63) is 34.9 Å². The fourth-order valence-electron chi connectivity index (χ4n) is 1.92. The summed E-state index contributed by atoms with van der Waals surface area (Å²) in [6.07, 6.45) is 2.23. The number of hydrogen-bond acceptors (Lipinski definition) is 4. The summed E-state index contributed by atoms with van der Waals surface area (Å²) >= 11 is 1.40. The molecule has 3 N–H and O–H groups in total. The molecule has 0 bridgehead atoms. The summed E-state index contributed by atoms with van der Waals surface area (Å²) in [7, 11) is -1.56. The molecule has 6 heteroatoms. The van der Waals surface area contributed by atoms with Gasteiger partial charge in [0.15, 0.2) is 0 Å². The highest BCUT2D eigenvalue weighted by Crippen LogP contribution is 2.13. The summed E-state index contributed by atoms with van der Waals surface area (Å²) in [5, 5.41) is 21.4. The summed E-state index contributed by atoms with van der Waals surface area (Å²) in [6.45, 7) is 3.99. The lowest BCUT2D eigenvalue weighted by atomic mass is 9.75. The Kier molecular flexibility index (Phi) is 6.41. The van der Waals surface area contributed by atoms with Crippen LogP contribution in [0.4, 0.5) is 0 Å². The number of amides is 1. The average molecular weight is 281 g/mol. The lowest BCUT2D eigenvalue weighted by Crippen LogP contribution is -2.48. The predicted octanol–water partition coefficient (Wildman–Crippen LogP) is 0.706. The molecule has 0 aliphatic rings. The van der Waals surface area contributed by atoms with Gasteiger partial charge in [-0.2, -0.15) is 11.8 Å². The first-order chi connectivity index (χ1) is 8.93. The Morgan fingerprint density at radius 1 is 1.42 bits per heavy atom. The van der Waals surface area contributed by atoms with Gasteiger partial charge in [0, 0.05) is 0 Å². The van der Waals surface area contributed by atoms with Gasteiger partial charge in [-0.1, -0.05) is 23.8 Å². The summed E-state index contributed by atoms with van der Waals surface area (Å²) in [5.74, 6) is -0.549. The number of thioether (sulfide) groups is 1. The van der Waals surface area contributed by atoms with Gasteiger partial charge in [0.05, 0.1) is 11.7 Å². The van der Waals surface area contributed by atoms with E-state index < -0.39 is 13.1 Å². The molecule has 0 radical (unpaired) electrons. The average Bonchev–Trinajstić information content (AvgIpc) is 2.31. The maximum atomic E-state index is 11.5. The number of rotatable bonds is 6. The van der Waals surface area contributed by atoms with E-state index in [0.717, 1.165) is 16.7 Å². The van der Waals surface area contributed by atoms with E-state index in [0.29, 0.717) is 12.2 Å². The van der Waals surface area contributed by atoms with Crippen molar-refractivity contribution in [1.29, 1.82) is 0 Å². The van der Waals surface area contributed by atoms with Crippen LogP contribution in [0, 0.1) is 13.8 Å². The second-order valence-corrected chi connectivity index (χ2v) is 5.52. The van der Waals surface area contributed by atoms with Crippen LogP contribution in [0.1, 0.15) is 16.7 Å². The second-order valence-electron chi connectivity index (χ2n) is 4.65. The van der Waals surface area contributed by atoms with Crippen LogP contribution in [0.5, 0.6) is 0 Å². The van der Waals surface area contributed by atoms with Crippen molar-refractivity contribution in [2.75, 3.05) is 12.0 Å². The molecule has 19 heavy (non-hydrogen) atoms. The van der Waals surface area contributed by atoms with Crippen molar-refractivity contribution in [3.8, 4) is 0 Å². The van der Waals surface area contributed by atoms with E-state index in [1.807, 2.05) is 38.3 Å². The third-order valence-electron chi connectivity index (χ3n) is 2.92. The number of aryl methyl sites for hydroxylation is 2. The molecule has 0 aromatic heterocycles. The Hall–Kier alpha value is -0.975. The molecule has 1 rings (SSSR count). The van der Waals surface area contributed by atoms with Crippen molar-refractivity contribution >= 4 is 24.8 Å². The summed E-state index contributed by atoms with van der Waals surface area (Å²) < 4.78 is 0. The topological polar surface area (TPSA) is 69.6 Å². The molecule has 0 aliphatic carbocycles. The molecule has 4 nitrogen and oxygen atoms in total. The molecule has 104 valence electrons. The summed E-state index contributed by atoms with van der Waals surface area (Å²) in [6, 6.07) is 5.98. The van der Waals surface area contributed by atoms with Crippen LogP contribution in [-0.4, -0.2) is 41.0 Å². The third kappa shape index (κ3) is 5.26. The monoisotopic (exact) mass is 281 g/mol. The number of benzene rings is 1. The first-order valence-corrected chi connectivity index (χ1v) is 7.54. The highest BCUT2D eigenvalue weighted by Gasteiger charge is 2.25. The zero-order chi connectivity index (χ0) is 14.4. The highest BCUT2D eigenvalue weighted by molar-refractivity contribution is 7.99. The van der Waals surface area contributed by atoms with E-state index in [-0.39, 0.29) is 5.91 Å². The fraction of sp³-hybridized carbons (Fsp3) is 0.462. The first kappa shape index (κ1) is 16.1. The zero-order valence-corrected chi connectivity index (χ0v) is 12.3. The predicted molar refractivity (Wildman–Crippen MR) is 80.1 cm³/mol. The van der Waals surface area contributed by atoms with Gasteiger partial charge in [-0.25, -0.2) is 0 Å². The Balaban J connectivity index is 2.75. The minimum Gasteiger partial charge on any atom is -0.426 e. The van der Waals surface area contributed by atoms with Gasteiger partial charge in [-0.05, 0) is 37.7 Å². The Morgan fingerprint density at radius 3 is 2.63 bits per heavy atom. The van der Waals surface area contributed by atoms with E-state index in [1.54, 1.807) is 0 Å². The Labute approximate surface area is 118 Å². The first-order valence-electron chi connectivity index (χ1n) is 6.14. The van der Waals surface area contributed by atoms with Crippen LogP contribution in [0.2, 0.25) is 0 Å². The lowest BCUT2D eigenvalue weighted by Gasteiger charge is -2.19. The van der Waals surface area contributed by atoms with Crippen LogP contribution in [0.15, 0.2) is 18.2 Å². The normalized spacial score (nSPS) is 12.1. The number of hydrogen-bond donors (Lipinski definition) is 3. The molecule has 0 saturated carbocycles. The van der Waals surface area contributed by atoms with Crippen molar-refractivity contribution < 1.29 is 14.8 Å². The van der Waals surface area contributed by atoms with Gasteiger partial charge in [0.1, 0.15) is 0 Å². The van der Waals surface area contributed by atoms with E-state index in [9.17, 15) is 14.8 Å². The summed E-state index contributed by atoms with van der Waals surface area (Å²) in [5.41, 5.74) is 3.26. The van der Waals surface area contributed by atoms with Crippen LogP contribution in [0.25, 0.3) is 0 Å². The van der Waals surface area contributed by atoms with Crippen LogP contribution in [-0.2, 0) is 11.2 Å². The van der Waals surface area contributed by atoms with Crippen LogP contribution < -0.4 is 5.32 Å². The van der Waals surface area contributed by atoms with Crippen LogP contribution >= 0.6 is 11.8 Å². The van der Waals surface area contributed by atoms with E-state index in [2.05, 4.69) is 5.32 Å². The van der Waals surface area contributed by atoms with Gasteiger partial charge in [-0.3, -0.25) is 4.79 Å². The largest absolute Gasteiger partial charge is 0.475 e. The van der Waals surface area contributed by atoms with Crippen molar-refractivity contribution in [2.45, 2.75) is 26.2 Å². The molecule has 1 amide bonds. The van der Waals surface area contributed by atoms with E-state index in [4.69, 9.17) is 0 Å². The van der Waals surface area contributed by atoms with E-state index >= 15 is 0 Å². The maximum absolute atomic E-state index is 11.5. The molecule has 0 fully saturated rings. The molecule has 0 saturated heterocycles. The molecule has 1 aromatic carbocycles. The number of carbonyl (C=O) groups excluding carboxylic acids is 1. The molecule has 0 spiro atoms. The Morgan fingerprint density at radius 2 is 2.11 bits per heavy atom. The lowest BCUT2D eigenvalue weighted by molar-refractivity contribution is -0.118. The fourth-order valence-corrected chi connectivity index (χ4v) is 2.27. The highest BCUT2D eigenvalue weighted by atomic mass is 32.2. The summed E-state index contributed by atoms with van der Waals surface area (Å²) in [4.78, 5) is 11.5. The van der Waals surface area contributed by atoms with Crippen molar-refractivity contribution in [1.82, 2.24) is 5.32 Å². The molecular weight excluding hydrogens is 261 g/mol. The van der Waals surface area contributed by atoms with Crippen molar-refractivity contribution in [3.63, 3.8) is 0 Å². The number of nitrogens with one attached hydrogen (secondary N) is 1. The molecule has 0 heterocycles. The molecule has 0 aliphatic heterocycles. The molecule has 1 atom stereocenters. The van der Waals surface area contributed by atoms with Gasteiger partial charge in [0.25, 0.3) is 0 Å². The Bertz CT molecular complexity index is 440. The molecule has 0 unspecified atom stereocenters. The third-order valence-corrected chi connectivity index (χ3v) is 3.47. The quantitative estimate of drug-likeness (QED) is 0.672. The SMILES string of the molecule is CSCC(=O)N[C@@H](Cc1ccc(C)cc1C)B(O)O. The molecule has 1 aromatic rings. The minimum atomic E-state index is -1.56. The van der Waals surface area contributed by atoms with Gasteiger partial charge < -0.3 is 15.4 Å². The van der Waals surface area contributed by atoms with Gasteiger partial charge in [0.2, 0.25) is 5.91 Å².